The van der Waals surface area contributed by atoms with Crippen LogP contribution in [0, 0.1) is 25.2 Å². The smallest absolute Gasteiger partial charge is 0.256 e. The first-order valence-corrected chi connectivity index (χ1v) is 8.35. The minimum absolute atomic E-state index is 0.133. The molecule has 1 aromatic heterocycles. The van der Waals surface area contributed by atoms with Crippen molar-refractivity contribution in [3.8, 4) is 6.07 Å². The number of thiophene rings is 1. The van der Waals surface area contributed by atoms with E-state index in [0.717, 1.165) is 23.3 Å². The number of benzene rings is 1. The lowest BCUT2D eigenvalue weighted by Gasteiger charge is -2.16. The number of nitriles is 1. The fourth-order valence-corrected chi connectivity index (χ4v) is 3.91. The molecule has 0 saturated carbocycles. The Morgan fingerprint density at radius 1 is 1.23 bits per heavy atom. The molecule has 1 aromatic carbocycles. The van der Waals surface area contributed by atoms with Crippen molar-refractivity contribution in [1.82, 2.24) is 0 Å². The van der Waals surface area contributed by atoms with Gasteiger partial charge in [-0.05, 0) is 68.4 Å². The van der Waals surface area contributed by atoms with E-state index in [9.17, 15) is 10.1 Å². The van der Waals surface area contributed by atoms with Gasteiger partial charge < -0.3 is 5.32 Å². The molecule has 1 heterocycles. The molecule has 1 N–H and O–H groups in total. The third-order valence-corrected chi connectivity index (χ3v) is 5.46. The van der Waals surface area contributed by atoms with Gasteiger partial charge >= 0.3 is 0 Å². The van der Waals surface area contributed by atoms with E-state index in [1.807, 2.05) is 26.0 Å². The summed E-state index contributed by atoms with van der Waals surface area (Å²) in [7, 11) is 0. The van der Waals surface area contributed by atoms with Gasteiger partial charge in [-0.25, -0.2) is 0 Å². The quantitative estimate of drug-likeness (QED) is 0.895. The summed E-state index contributed by atoms with van der Waals surface area (Å²) in [6.45, 7) is 3.88. The van der Waals surface area contributed by atoms with Crippen molar-refractivity contribution < 1.29 is 4.79 Å². The molecule has 2 aromatic rings. The number of carbonyl (C=O) groups excluding carboxylic acids is 1. The predicted molar refractivity (Wildman–Crippen MR) is 89.5 cm³/mol. The van der Waals surface area contributed by atoms with E-state index in [1.165, 1.54) is 35.3 Å². The number of nitrogens with zero attached hydrogens (tertiary/aromatic N) is 1. The molecule has 0 saturated heterocycles. The van der Waals surface area contributed by atoms with E-state index >= 15 is 0 Å². The number of anilines is 1. The molecule has 0 aliphatic heterocycles. The number of aryl methyl sites for hydroxylation is 3. The van der Waals surface area contributed by atoms with E-state index in [0.29, 0.717) is 16.1 Å². The Morgan fingerprint density at radius 3 is 2.68 bits per heavy atom. The van der Waals surface area contributed by atoms with Crippen molar-refractivity contribution in [2.75, 3.05) is 5.32 Å². The molecule has 1 amide bonds. The first-order chi connectivity index (χ1) is 10.6. The van der Waals surface area contributed by atoms with Gasteiger partial charge in [-0.15, -0.1) is 11.3 Å². The summed E-state index contributed by atoms with van der Waals surface area (Å²) in [4.78, 5) is 13.5. The lowest BCUT2D eigenvalue weighted by atomic mass is 9.90. The molecule has 4 heteroatoms. The van der Waals surface area contributed by atoms with Gasteiger partial charge in [-0.1, -0.05) is 6.07 Å². The van der Waals surface area contributed by atoms with Crippen LogP contribution in [0.3, 0.4) is 0 Å². The van der Waals surface area contributed by atoms with E-state index in [4.69, 9.17) is 0 Å². The Labute approximate surface area is 134 Å². The number of nitrogens with one attached hydrogen (secondary N) is 1. The molecule has 0 spiro atoms. The Bertz CT molecular complexity index is 783. The Hall–Kier alpha value is -2.12. The summed E-state index contributed by atoms with van der Waals surface area (Å²) >= 11 is 1.46. The second-order valence-corrected chi connectivity index (χ2v) is 6.97. The van der Waals surface area contributed by atoms with Crippen LogP contribution < -0.4 is 5.32 Å². The second-order valence-electron chi connectivity index (χ2n) is 5.74. The van der Waals surface area contributed by atoms with Gasteiger partial charge in [0.25, 0.3) is 5.91 Å². The molecule has 3 nitrogen and oxygen atoms in total. The van der Waals surface area contributed by atoms with Crippen LogP contribution in [0.4, 0.5) is 5.00 Å². The van der Waals surface area contributed by atoms with Crippen molar-refractivity contribution in [2.24, 2.45) is 0 Å². The molecule has 1 aliphatic carbocycles. The molecule has 3 rings (SSSR count). The van der Waals surface area contributed by atoms with Crippen molar-refractivity contribution in [2.45, 2.75) is 39.5 Å². The first-order valence-electron chi connectivity index (χ1n) is 7.53. The minimum atomic E-state index is -0.133. The Balaban J connectivity index is 1.86. The third-order valence-electron chi connectivity index (χ3n) is 4.33. The highest BCUT2D eigenvalue weighted by Crippen LogP contribution is 2.32. The van der Waals surface area contributed by atoms with E-state index in [-0.39, 0.29) is 5.91 Å². The van der Waals surface area contributed by atoms with Crippen molar-refractivity contribution >= 4 is 22.2 Å². The van der Waals surface area contributed by atoms with E-state index in [1.54, 1.807) is 0 Å². The lowest BCUT2D eigenvalue weighted by molar-refractivity contribution is 0.102. The van der Waals surface area contributed by atoms with E-state index in [2.05, 4.69) is 17.5 Å². The number of hydrogen-bond donors (Lipinski definition) is 1. The predicted octanol–water partition coefficient (Wildman–Crippen LogP) is 4.37. The van der Waals surface area contributed by atoms with E-state index < -0.39 is 0 Å². The zero-order chi connectivity index (χ0) is 15.7. The molecule has 112 valence electrons. The zero-order valence-corrected chi connectivity index (χ0v) is 13.6. The molecular formula is C18H18N2OS. The standard InChI is InChI=1S/C18H18N2OS/c1-11-12(2)22-18(16(11)10-19)20-17(21)15-8-7-13-5-3-4-6-14(13)9-15/h7-9H,3-6H2,1-2H3,(H,20,21). The Morgan fingerprint density at radius 2 is 1.95 bits per heavy atom. The molecule has 0 bridgehead atoms. The van der Waals surface area contributed by atoms with Crippen molar-refractivity contribution in [3.63, 3.8) is 0 Å². The zero-order valence-electron chi connectivity index (χ0n) is 12.8. The van der Waals surface area contributed by atoms with Gasteiger partial charge in [0.05, 0.1) is 5.56 Å². The van der Waals surface area contributed by atoms with Crippen molar-refractivity contribution in [3.05, 3.63) is 50.9 Å². The van der Waals surface area contributed by atoms with Crippen LogP contribution >= 0.6 is 11.3 Å². The highest BCUT2D eigenvalue weighted by atomic mass is 32.1. The summed E-state index contributed by atoms with van der Waals surface area (Å²) in [5.74, 6) is -0.133. The largest absolute Gasteiger partial charge is 0.312 e. The maximum Gasteiger partial charge on any atom is 0.256 e. The monoisotopic (exact) mass is 310 g/mol. The topological polar surface area (TPSA) is 52.9 Å². The average molecular weight is 310 g/mol. The van der Waals surface area contributed by atoms with Gasteiger partial charge in [0.1, 0.15) is 11.1 Å². The Kier molecular flexibility index (Phi) is 4.00. The number of fused-ring (bicyclic) bond motifs is 1. The second kappa shape index (κ2) is 5.94. The van der Waals surface area contributed by atoms with Gasteiger partial charge in [0.2, 0.25) is 0 Å². The summed E-state index contributed by atoms with van der Waals surface area (Å²) in [6.07, 6.45) is 4.59. The maximum atomic E-state index is 12.5. The van der Waals surface area contributed by atoms with Crippen LogP contribution in [0.2, 0.25) is 0 Å². The molecule has 1 aliphatic rings. The SMILES string of the molecule is Cc1sc(NC(=O)c2ccc3c(c2)CCCC3)c(C#N)c1C. The fourth-order valence-electron chi connectivity index (χ4n) is 2.90. The van der Waals surface area contributed by atoms with Gasteiger partial charge in [0.15, 0.2) is 0 Å². The molecule has 0 unspecified atom stereocenters. The first kappa shape index (κ1) is 14.8. The minimum Gasteiger partial charge on any atom is -0.312 e. The summed E-state index contributed by atoms with van der Waals surface area (Å²) in [6, 6.07) is 8.15. The third kappa shape index (κ3) is 2.65. The van der Waals surface area contributed by atoms with Gasteiger partial charge in [-0.3, -0.25) is 4.79 Å². The lowest BCUT2D eigenvalue weighted by Crippen LogP contribution is -2.13. The molecule has 0 radical (unpaired) electrons. The summed E-state index contributed by atoms with van der Waals surface area (Å²) < 4.78 is 0. The number of amides is 1. The van der Waals surface area contributed by atoms with Crippen LogP contribution in [0.1, 0.15) is 50.3 Å². The molecule has 22 heavy (non-hydrogen) atoms. The van der Waals surface area contributed by atoms with Crippen LogP contribution in [-0.2, 0) is 12.8 Å². The number of rotatable bonds is 2. The van der Waals surface area contributed by atoms with Gasteiger partial charge in [0, 0.05) is 10.4 Å². The highest BCUT2D eigenvalue weighted by Gasteiger charge is 2.17. The molecular weight excluding hydrogens is 292 g/mol. The highest BCUT2D eigenvalue weighted by molar-refractivity contribution is 7.16. The summed E-state index contributed by atoms with van der Waals surface area (Å²) in [5.41, 5.74) is 4.86. The number of hydrogen-bond acceptors (Lipinski definition) is 3. The maximum absolute atomic E-state index is 12.5. The van der Waals surface area contributed by atoms with Crippen LogP contribution in [0.25, 0.3) is 0 Å². The molecule has 0 atom stereocenters. The van der Waals surface area contributed by atoms with Crippen molar-refractivity contribution in [1.29, 1.82) is 5.26 Å². The van der Waals surface area contributed by atoms with Crippen LogP contribution in [0.5, 0.6) is 0 Å². The van der Waals surface area contributed by atoms with Crippen LogP contribution in [0.15, 0.2) is 18.2 Å². The average Bonchev–Trinajstić information content (AvgIpc) is 2.80. The normalized spacial score (nSPS) is 13.3. The molecule has 0 fully saturated rings. The summed E-state index contributed by atoms with van der Waals surface area (Å²) in [5, 5.41) is 12.8. The fraction of sp³-hybridized carbons (Fsp3) is 0.333. The van der Waals surface area contributed by atoms with Crippen LogP contribution in [-0.4, -0.2) is 5.91 Å². The number of carbonyl (C=O) groups is 1. The van der Waals surface area contributed by atoms with Gasteiger partial charge in [-0.2, -0.15) is 5.26 Å².